The Bertz CT molecular complexity index is 242. The third-order valence-corrected chi connectivity index (χ3v) is 1.08. The lowest BCUT2D eigenvalue weighted by Crippen LogP contribution is -2.12. The summed E-state index contributed by atoms with van der Waals surface area (Å²) in [6, 6.07) is 0. The Labute approximate surface area is 59.4 Å². The van der Waals surface area contributed by atoms with Gasteiger partial charge in [0.05, 0.1) is 5.71 Å². The van der Waals surface area contributed by atoms with Gasteiger partial charge in [-0.2, -0.15) is 0 Å². The summed E-state index contributed by atoms with van der Waals surface area (Å²) >= 11 is 0. The van der Waals surface area contributed by atoms with Crippen LogP contribution in [0.3, 0.4) is 0 Å². The van der Waals surface area contributed by atoms with Crippen LogP contribution in [0.1, 0.15) is 0 Å². The molecular formula is C7H9N3. The van der Waals surface area contributed by atoms with Crippen molar-refractivity contribution < 1.29 is 0 Å². The number of allylic oxidation sites excluding steroid dienone is 1. The first-order valence-corrected chi connectivity index (χ1v) is 2.99. The van der Waals surface area contributed by atoms with Crippen LogP contribution in [0.25, 0.3) is 0 Å². The summed E-state index contributed by atoms with van der Waals surface area (Å²) < 4.78 is 0. The highest BCUT2D eigenvalue weighted by molar-refractivity contribution is 5.97. The molecule has 3 nitrogen and oxygen atoms in total. The first-order chi connectivity index (χ1) is 4.83. The molecule has 1 heterocycles. The number of aliphatic imine (C=N–C) groups is 1. The van der Waals surface area contributed by atoms with E-state index in [1.165, 1.54) is 0 Å². The largest absolute Gasteiger partial charge is 0.384 e. The van der Waals surface area contributed by atoms with E-state index in [1.807, 2.05) is 0 Å². The fraction of sp³-hybridized carbons (Fsp3) is 0.143. The molecule has 0 aromatic rings. The lowest BCUT2D eigenvalue weighted by molar-refractivity contribution is 1.21. The molecule has 0 saturated carbocycles. The highest BCUT2D eigenvalue weighted by Gasteiger charge is 1.91. The van der Waals surface area contributed by atoms with Crippen LogP contribution in [0.2, 0.25) is 0 Å². The third-order valence-electron chi connectivity index (χ3n) is 1.08. The molecule has 3 heteroatoms. The van der Waals surface area contributed by atoms with Crippen LogP contribution in [0.4, 0.5) is 0 Å². The fourth-order valence-electron chi connectivity index (χ4n) is 0.618. The Morgan fingerprint density at radius 3 is 3.10 bits per heavy atom. The highest BCUT2D eigenvalue weighted by atomic mass is 14.9. The SMILES string of the molecule is NCC1=NC(N)=CC=C=C1. The quantitative estimate of drug-likeness (QED) is 0.493. The minimum Gasteiger partial charge on any atom is -0.384 e. The Kier molecular flexibility index (Phi) is 2.05. The van der Waals surface area contributed by atoms with Crippen molar-refractivity contribution >= 4 is 5.71 Å². The monoisotopic (exact) mass is 135 g/mol. The van der Waals surface area contributed by atoms with Gasteiger partial charge in [-0.05, 0) is 12.2 Å². The van der Waals surface area contributed by atoms with Gasteiger partial charge < -0.3 is 11.5 Å². The summed E-state index contributed by atoms with van der Waals surface area (Å²) in [6.45, 7) is 0.398. The van der Waals surface area contributed by atoms with E-state index in [1.54, 1.807) is 18.2 Å². The zero-order valence-corrected chi connectivity index (χ0v) is 5.54. The molecule has 4 N–H and O–H groups in total. The van der Waals surface area contributed by atoms with Gasteiger partial charge in [0.2, 0.25) is 0 Å². The van der Waals surface area contributed by atoms with Crippen molar-refractivity contribution in [3.63, 3.8) is 0 Å². The second-order valence-electron chi connectivity index (χ2n) is 1.88. The van der Waals surface area contributed by atoms with Gasteiger partial charge in [0, 0.05) is 12.6 Å². The maximum absolute atomic E-state index is 5.43. The summed E-state index contributed by atoms with van der Waals surface area (Å²) in [5.41, 5.74) is 14.4. The minimum atomic E-state index is 0.398. The van der Waals surface area contributed by atoms with Crippen molar-refractivity contribution in [2.45, 2.75) is 0 Å². The van der Waals surface area contributed by atoms with Gasteiger partial charge in [-0.25, -0.2) is 4.99 Å². The number of hydrogen-bond donors (Lipinski definition) is 2. The van der Waals surface area contributed by atoms with Crippen LogP contribution < -0.4 is 11.5 Å². The molecular weight excluding hydrogens is 126 g/mol. The third kappa shape index (κ3) is 1.58. The van der Waals surface area contributed by atoms with Crippen molar-refractivity contribution in [2.75, 3.05) is 6.54 Å². The molecule has 0 aliphatic carbocycles. The maximum Gasteiger partial charge on any atom is 0.124 e. The molecule has 52 valence electrons. The van der Waals surface area contributed by atoms with E-state index in [-0.39, 0.29) is 0 Å². The zero-order chi connectivity index (χ0) is 7.40. The Balaban J connectivity index is 2.93. The van der Waals surface area contributed by atoms with Crippen LogP contribution in [0.15, 0.2) is 34.8 Å². The van der Waals surface area contributed by atoms with Crippen molar-refractivity contribution in [2.24, 2.45) is 16.5 Å². The first-order valence-electron chi connectivity index (χ1n) is 2.99. The van der Waals surface area contributed by atoms with Gasteiger partial charge in [0.1, 0.15) is 5.82 Å². The standard InChI is InChI=1S/C7H9N3/c8-5-6-3-1-2-4-7(9)10-6/h2-4H,5,8-9H2. The van der Waals surface area contributed by atoms with Crippen molar-refractivity contribution in [1.82, 2.24) is 0 Å². The van der Waals surface area contributed by atoms with E-state index in [4.69, 9.17) is 11.5 Å². The number of rotatable bonds is 1. The molecule has 0 bridgehead atoms. The molecule has 10 heavy (non-hydrogen) atoms. The molecule has 0 atom stereocenters. The Hall–Kier alpha value is -1.31. The molecule has 0 aromatic carbocycles. The molecule has 0 spiro atoms. The van der Waals surface area contributed by atoms with Crippen molar-refractivity contribution in [3.8, 4) is 0 Å². The van der Waals surface area contributed by atoms with E-state index in [0.717, 1.165) is 5.71 Å². The van der Waals surface area contributed by atoms with Crippen LogP contribution in [-0.2, 0) is 0 Å². The predicted molar refractivity (Wildman–Crippen MR) is 41.4 cm³/mol. The van der Waals surface area contributed by atoms with Gasteiger partial charge in [0.25, 0.3) is 0 Å². The molecule has 0 amide bonds. The van der Waals surface area contributed by atoms with E-state index in [0.29, 0.717) is 12.4 Å². The number of nitrogens with two attached hydrogens (primary N) is 2. The second-order valence-corrected chi connectivity index (χ2v) is 1.88. The first kappa shape index (κ1) is 6.81. The van der Waals surface area contributed by atoms with Crippen LogP contribution >= 0.6 is 0 Å². The van der Waals surface area contributed by atoms with Crippen LogP contribution in [0, 0.1) is 0 Å². The van der Waals surface area contributed by atoms with Crippen LogP contribution in [-0.4, -0.2) is 12.3 Å². The fourth-order valence-corrected chi connectivity index (χ4v) is 0.618. The minimum absolute atomic E-state index is 0.398. The summed E-state index contributed by atoms with van der Waals surface area (Å²) in [7, 11) is 0. The topological polar surface area (TPSA) is 64.4 Å². The summed E-state index contributed by atoms with van der Waals surface area (Å²) in [5, 5.41) is 0. The summed E-state index contributed by atoms with van der Waals surface area (Å²) in [5.74, 6) is 0.474. The number of nitrogens with zero attached hydrogens (tertiary/aromatic N) is 1. The van der Waals surface area contributed by atoms with Crippen molar-refractivity contribution in [3.05, 3.63) is 29.8 Å². The van der Waals surface area contributed by atoms with Gasteiger partial charge in [0.15, 0.2) is 0 Å². The average Bonchev–Trinajstić information content (AvgIpc) is 2.13. The van der Waals surface area contributed by atoms with Crippen molar-refractivity contribution in [1.29, 1.82) is 0 Å². The lowest BCUT2D eigenvalue weighted by atomic mass is 10.3. The average molecular weight is 135 g/mol. The second kappa shape index (κ2) is 3.01. The van der Waals surface area contributed by atoms with Gasteiger partial charge >= 0.3 is 0 Å². The molecule has 0 saturated heterocycles. The molecule has 1 rings (SSSR count). The molecule has 0 aromatic heterocycles. The smallest absolute Gasteiger partial charge is 0.124 e. The van der Waals surface area contributed by atoms with Gasteiger partial charge in [-0.1, -0.05) is 0 Å². The van der Waals surface area contributed by atoms with Gasteiger partial charge in [-0.3, -0.25) is 0 Å². The molecule has 0 fully saturated rings. The lowest BCUT2D eigenvalue weighted by Gasteiger charge is -1.92. The van der Waals surface area contributed by atoms with E-state index in [2.05, 4.69) is 10.7 Å². The van der Waals surface area contributed by atoms with E-state index < -0.39 is 0 Å². The Morgan fingerprint density at radius 2 is 2.40 bits per heavy atom. The van der Waals surface area contributed by atoms with E-state index in [9.17, 15) is 0 Å². The predicted octanol–water partition coefficient (Wildman–Crippen LogP) is -0.0889. The Morgan fingerprint density at radius 1 is 1.60 bits per heavy atom. The molecule has 1 aliphatic rings. The zero-order valence-electron chi connectivity index (χ0n) is 5.54. The van der Waals surface area contributed by atoms with Gasteiger partial charge in [-0.15, -0.1) is 5.73 Å². The molecule has 1 aliphatic heterocycles. The van der Waals surface area contributed by atoms with E-state index >= 15 is 0 Å². The summed E-state index contributed by atoms with van der Waals surface area (Å²) in [6.07, 6.45) is 5.11. The normalized spacial score (nSPS) is 16.1. The molecule has 0 radical (unpaired) electrons. The maximum atomic E-state index is 5.43. The molecule has 0 unspecified atom stereocenters. The summed E-state index contributed by atoms with van der Waals surface area (Å²) in [4.78, 5) is 3.98. The van der Waals surface area contributed by atoms with Crippen LogP contribution in [0.5, 0.6) is 0 Å². The number of hydrogen-bond acceptors (Lipinski definition) is 3. The highest BCUT2D eigenvalue weighted by Crippen LogP contribution is 1.93.